The minimum Gasteiger partial charge on any atom is -0.495 e. The molecule has 7 nitrogen and oxygen atoms in total. The van der Waals surface area contributed by atoms with Crippen LogP contribution in [0.4, 0.5) is 19.3 Å². The number of ether oxygens (including phenoxy) is 1. The zero-order valence-electron chi connectivity index (χ0n) is 19.2. The van der Waals surface area contributed by atoms with Crippen molar-refractivity contribution in [2.45, 2.75) is 12.5 Å². The van der Waals surface area contributed by atoms with Crippen molar-refractivity contribution in [1.29, 1.82) is 0 Å². The average Bonchev–Trinajstić information content (AvgIpc) is 3.30. The lowest BCUT2D eigenvalue weighted by Gasteiger charge is -2.25. The van der Waals surface area contributed by atoms with Gasteiger partial charge in [0, 0.05) is 19.0 Å². The summed E-state index contributed by atoms with van der Waals surface area (Å²) in [7, 11) is 2.96. The van der Waals surface area contributed by atoms with Crippen LogP contribution in [-0.4, -0.2) is 48.3 Å². The number of carbonyl (C=O) groups is 2. The number of hydrogen-bond donors (Lipinski definition) is 1. The summed E-state index contributed by atoms with van der Waals surface area (Å²) in [4.78, 5) is 27.2. The highest BCUT2D eigenvalue weighted by Crippen LogP contribution is 2.34. The summed E-state index contributed by atoms with van der Waals surface area (Å²) in [6, 6.07) is 17.6. The van der Waals surface area contributed by atoms with E-state index in [1.165, 1.54) is 42.3 Å². The SMILES string of the molecule is COc1ccccc1NC(=O)N(C)CC(=O)N1N=C(c2ccc(F)cc2)CC1c1ccccc1F. The molecule has 0 fully saturated rings. The molecule has 0 saturated heterocycles. The van der Waals surface area contributed by atoms with Crippen LogP contribution in [0.5, 0.6) is 5.75 Å². The van der Waals surface area contributed by atoms with Gasteiger partial charge in [0.15, 0.2) is 0 Å². The lowest BCUT2D eigenvalue weighted by atomic mass is 9.98. The van der Waals surface area contributed by atoms with Crippen LogP contribution in [0.25, 0.3) is 0 Å². The van der Waals surface area contributed by atoms with Gasteiger partial charge in [-0.25, -0.2) is 18.6 Å². The first-order valence-corrected chi connectivity index (χ1v) is 10.9. The number of rotatable bonds is 6. The quantitative estimate of drug-likeness (QED) is 0.552. The summed E-state index contributed by atoms with van der Waals surface area (Å²) in [6.45, 7) is -0.299. The van der Waals surface area contributed by atoms with Gasteiger partial charge in [0.25, 0.3) is 5.91 Å². The van der Waals surface area contributed by atoms with Gasteiger partial charge >= 0.3 is 6.03 Å². The lowest BCUT2D eigenvalue weighted by molar-refractivity contribution is -0.133. The van der Waals surface area contributed by atoms with Crippen LogP contribution in [-0.2, 0) is 4.79 Å². The van der Waals surface area contributed by atoms with Crippen molar-refractivity contribution in [3.63, 3.8) is 0 Å². The molecule has 4 rings (SSSR count). The smallest absolute Gasteiger partial charge is 0.322 e. The maximum atomic E-state index is 14.6. The van der Waals surface area contributed by atoms with E-state index in [-0.39, 0.29) is 13.0 Å². The molecule has 1 unspecified atom stereocenters. The van der Waals surface area contributed by atoms with Crippen LogP contribution < -0.4 is 10.1 Å². The van der Waals surface area contributed by atoms with Crippen molar-refractivity contribution in [2.75, 3.05) is 26.0 Å². The summed E-state index contributed by atoms with van der Waals surface area (Å²) in [5.74, 6) is -0.872. The van der Waals surface area contributed by atoms with E-state index in [1.807, 2.05) is 0 Å². The third-order valence-electron chi connectivity index (χ3n) is 5.68. The second-order valence-corrected chi connectivity index (χ2v) is 8.02. The first-order chi connectivity index (χ1) is 16.9. The molecule has 0 bridgehead atoms. The van der Waals surface area contributed by atoms with Crippen molar-refractivity contribution < 1.29 is 23.1 Å². The lowest BCUT2D eigenvalue weighted by Crippen LogP contribution is -2.41. The van der Waals surface area contributed by atoms with Gasteiger partial charge in [-0.2, -0.15) is 5.10 Å². The van der Waals surface area contributed by atoms with Crippen molar-refractivity contribution in [3.05, 3.63) is 95.6 Å². The zero-order chi connectivity index (χ0) is 24.9. The van der Waals surface area contributed by atoms with Gasteiger partial charge < -0.3 is 15.0 Å². The number of nitrogens with zero attached hydrogens (tertiary/aromatic N) is 3. The Balaban J connectivity index is 1.55. The Morgan fingerprint density at radius 2 is 1.74 bits per heavy atom. The van der Waals surface area contributed by atoms with E-state index >= 15 is 0 Å². The third kappa shape index (κ3) is 5.29. The molecule has 0 spiro atoms. The zero-order valence-corrected chi connectivity index (χ0v) is 19.2. The van der Waals surface area contributed by atoms with Crippen LogP contribution in [0.1, 0.15) is 23.6 Å². The van der Waals surface area contributed by atoms with Crippen LogP contribution >= 0.6 is 0 Å². The van der Waals surface area contributed by atoms with Crippen LogP contribution in [0, 0.1) is 11.6 Å². The van der Waals surface area contributed by atoms with Crippen molar-refractivity contribution in [1.82, 2.24) is 9.91 Å². The molecule has 3 aromatic carbocycles. The van der Waals surface area contributed by atoms with E-state index in [1.54, 1.807) is 54.6 Å². The average molecular weight is 478 g/mol. The molecule has 9 heteroatoms. The highest BCUT2D eigenvalue weighted by molar-refractivity contribution is 6.03. The number of amides is 3. The Morgan fingerprint density at radius 1 is 1.06 bits per heavy atom. The molecule has 0 saturated carbocycles. The van der Waals surface area contributed by atoms with Crippen molar-refractivity contribution >= 4 is 23.3 Å². The number of nitrogens with one attached hydrogen (secondary N) is 1. The first-order valence-electron chi connectivity index (χ1n) is 10.9. The Kier molecular flexibility index (Phi) is 7.05. The fraction of sp³-hybridized carbons (Fsp3) is 0.192. The summed E-state index contributed by atoms with van der Waals surface area (Å²) in [5.41, 5.74) is 1.92. The number of likely N-dealkylation sites (N-methyl/N-ethyl adjacent to an activating group) is 1. The predicted octanol–water partition coefficient (Wildman–Crippen LogP) is 4.82. The number of methoxy groups -OCH3 is 1. The maximum Gasteiger partial charge on any atom is 0.322 e. The Labute approximate surface area is 201 Å². The molecule has 0 aromatic heterocycles. The number of anilines is 1. The largest absolute Gasteiger partial charge is 0.495 e. The molecule has 1 atom stereocenters. The van der Waals surface area contributed by atoms with Crippen LogP contribution in [0.15, 0.2) is 77.9 Å². The first kappa shape index (κ1) is 23.9. The second kappa shape index (κ2) is 10.3. The van der Waals surface area contributed by atoms with E-state index in [2.05, 4.69) is 10.4 Å². The molecule has 3 amide bonds. The van der Waals surface area contributed by atoms with Gasteiger partial charge in [-0.3, -0.25) is 4.79 Å². The van der Waals surface area contributed by atoms with E-state index in [4.69, 9.17) is 4.74 Å². The van der Waals surface area contributed by atoms with E-state index in [0.29, 0.717) is 28.3 Å². The minimum absolute atomic E-state index is 0.245. The fourth-order valence-electron chi connectivity index (χ4n) is 3.85. The summed E-state index contributed by atoms with van der Waals surface area (Å²) in [6.07, 6.45) is 0.245. The van der Waals surface area contributed by atoms with Gasteiger partial charge in [0.2, 0.25) is 0 Å². The molecule has 1 aliphatic rings. The number of hydrazone groups is 1. The number of halogens is 2. The molecule has 35 heavy (non-hydrogen) atoms. The number of urea groups is 1. The molecule has 3 aromatic rings. The number of carbonyl (C=O) groups excluding carboxylic acids is 2. The summed E-state index contributed by atoms with van der Waals surface area (Å²) < 4.78 is 33.3. The van der Waals surface area contributed by atoms with E-state index < -0.39 is 29.6 Å². The monoisotopic (exact) mass is 478 g/mol. The topological polar surface area (TPSA) is 74.2 Å². The van der Waals surface area contributed by atoms with Gasteiger partial charge in [0.1, 0.15) is 23.9 Å². The normalized spacial score (nSPS) is 14.9. The number of hydrogen-bond acceptors (Lipinski definition) is 4. The highest BCUT2D eigenvalue weighted by Gasteiger charge is 2.35. The maximum absolute atomic E-state index is 14.6. The molecule has 0 aliphatic carbocycles. The van der Waals surface area contributed by atoms with Crippen molar-refractivity contribution in [3.8, 4) is 5.75 Å². The summed E-state index contributed by atoms with van der Waals surface area (Å²) >= 11 is 0. The van der Waals surface area contributed by atoms with Crippen LogP contribution in [0.3, 0.4) is 0 Å². The molecular weight excluding hydrogens is 454 g/mol. The van der Waals surface area contributed by atoms with E-state index in [9.17, 15) is 18.4 Å². The highest BCUT2D eigenvalue weighted by atomic mass is 19.1. The Bertz CT molecular complexity index is 1260. The molecule has 180 valence electrons. The standard InChI is InChI=1S/C26H24F2N4O3/c1-31(26(34)29-21-9-5-6-10-24(21)35-2)16-25(33)32-23(19-7-3-4-8-20(19)28)15-22(30-32)17-11-13-18(27)14-12-17/h3-14,23H,15-16H2,1-2H3,(H,29,34). The van der Waals surface area contributed by atoms with Gasteiger partial charge in [-0.05, 0) is 35.9 Å². The fourth-order valence-corrected chi connectivity index (χ4v) is 3.85. The number of benzene rings is 3. The van der Waals surface area contributed by atoms with Crippen LogP contribution in [0.2, 0.25) is 0 Å². The molecule has 0 radical (unpaired) electrons. The minimum atomic E-state index is -0.700. The van der Waals surface area contributed by atoms with E-state index in [0.717, 1.165) is 0 Å². The molecule has 1 heterocycles. The van der Waals surface area contributed by atoms with Crippen molar-refractivity contribution in [2.24, 2.45) is 5.10 Å². The Morgan fingerprint density at radius 3 is 2.46 bits per heavy atom. The number of para-hydroxylation sites is 2. The predicted molar refractivity (Wildman–Crippen MR) is 128 cm³/mol. The van der Waals surface area contributed by atoms with Gasteiger partial charge in [-0.15, -0.1) is 0 Å². The second-order valence-electron chi connectivity index (χ2n) is 8.02. The summed E-state index contributed by atoms with van der Waals surface area (Å²) in [5, 5.41) is 8.35. The Hall–Kier alpha value is -4.27. The van der Waals surface area contributed by atoms with Gasteiger partial charge in [-0.1, -0.05) is 42.5 Å². The molecular formula is C26H24F2N4O3. The van der Waals surface area contributed by atoms with Gasteiger partial charge in [0.05, 0.1) is 24.6 Å². The molecule has 1 N–H and O–H groups in total. The third-order valence-corrected chi connectivity index (χ3v) is 5.68. The molecule has 1 aliphatic heterocycles.